The van der Waals surface area contributed by atoms with Gasteiger partial charge < -0.3 is 5.32 Å². The smallest absolute Gasteiger partial charge is 0.256 e. The summed E-state index contributed by atoms with van der Waals surface area (Å²) in [7, 11) is 0. The lowest BCUT2D eigenvalue weighted by atomic mass is 10.1. The van der Waals surface area contributed by atoms with Crippen LogP contribution in [0.5, 0.6) is 0 Å². The first-order chi connectivity index (χ1) is 13.3. The van der Waals surface area contributed by atoms with Gasteiger partial charge in [-0.05, 0) is 16.5 Å². The second kappa shape index (κ2) is 7.52. The van der Waals surface area contributed by atoms with E-state index in [-0.39, 0.29) is 5.91 Å². The van der Waals surface area contributed by atoms with E-state index in [9.17, 15) is 4.79 Å². The predicted molar refractivity (Wildman–Crippen MR) is 94.8 cm³/mol. The van der Waals surface area contributed by atoms with E-state index >= 15 is 0 Å². The summed E-state index contributed by atoms with van der Waals surface area (Å²) in [6, 6.07) is 11.7. The van der Waals surface area contributed by atoms with Crippen molar-refractivity contribution in [2.75, 3.05) is 6.54 Å². The van der Waals surface area contributed by atoms with Crippen LogP contribution in [0.1, 0.15) is 16.2 Å². The van der Waals surface area contributed by atoms with E-state index < -0.39 is 0 Å². The summed E-state index contributed by atoms with van der Waals surface area (Å²) in [6.07, 6.45) is 5.04. The second-order valence-corrected chi connectivity index (χ2v) is 5.62. The maximum atomic E-state index is 12.4. The molecule has 0 aliphatic heterocycles. The van der Waals surface area contributed by atoms with Crippen LogP contribution < -0.4 is 5.32 Å². The number of nitrogens with zero attached hydrogens (tertiary/aromatic N) is 7. The lowest BCUT2D eigenvalue weighted by Gasteiger charge is -2.06. The van der Waals surface area contributed by atoms with Gasteiger partial charge in [-0.15, -0.1) is 5.10 Å². The Morgan fingerprint density at radius 3 is 2.89 bits per heavy atom. The summed E-state index contributed by atoms with van der Waals surface area (Å²) < 4.78 is 1.34. The van der Waals surface area contributed by atoms with Crippen molar-refractivity contribution in [3.8, 4) is 17.1 Å². The summed E-state index contributed by atoms with van der Waals surface area (Å²) in [5, 5.41) is 20.3. The van der Waals surface area contributed by atoms with Crippen LogP contribution >= 0.6 is 0 Å². The van der Waals surface area contributed by atoms with Gasteiger partial charge in [0.15, 0.2) is 5.82 Å². The maximum absolute atomic E-state index is 12.4. The molecule has 0 aliphatic carbocycles. The standard InChI is InChI=1S/C17H15N9O/c27-17(13-10-20-23-16(13)26-11-21-24-25-26)19-9-7-15-18-8-6-14(22-15)12-4-2-1-3-5-12/h1-6,8,10-11H,7,9H2,(H,19,27)(H,20,23). The van der Waals surface area contributed by atoms with Gasteiger partial charge in [0, 0.05) is 24.7 Å². The lowest BCUT2D eigenvalue weighted by molar-refractivity contribution is 0.0954. The quantitative estimate of drug-likeness (QED) is 0.520. The number of hydrogen-bond acceptors (Lipinski definition) is 7. The molecule has 0 aliphatic rings. The first kappa shape index (κ1) is 16.5. The molecule has 27 heavy (non-hydrogen) atoms. The number of aromatic amines is 1. The van der Waals surface area contributed by atoms with Gasteiger partial charge in [0.2, 0.25) is 0 Å². The van der Waals surface area contributed by atoms with Crippen molar-refractivity contribution in [3.63, 3.8) is 0 Å². The molecule has 0 saturated carbocycles. The van der Waals surface area contributed by atoms with Gasteiger partial charge in [-0.25, -0.2) is 9.97 Å². The number of hydrogen-bond donors (Lipinski definition) is 2. The van der Waals surface area contributed by atoms with E-state index in [1.54, 1.807) is 6.20 Å². The summed E-state index contributed by atoms with van der Waals surface area (Å²) in [6.45, 7) is 0.386. The third kappa shape index (κ3) is 3.68. The van der Waals surface area contributed by atoms with Crippen LogP contribution in [0.25, 0.3) is 17.1 Å². The molecule has 10 nitrogen and oxygen atoms in total. The molecule has 0 bridgehead atoms. The molecular formula is C17H15N9O. The van der Waals surface area contributed by atoms with Crippen molar-refractivity contribution in [2.24, 2.45) is 0 Å². The average Bonchev–Trinajstić information content (AvgIpc) is 3.40. The molecule has 134 valence electrons. The Labute approximate surface area is 153 Å². The third-order valence-electron chi connectivity index (χ3n) is 3.85. The van der Waals surface area contributed by atoms with Gasteiger partial charge in [-0.1, -0.05) is 30.3 Å². The molecule has 2 N–H and O–H groups in total. The van der Waals surface area contributed by atoms with Crippen LogP contribution in [0, 0.1) is 0 Å². The lowest BCUT2D eigenvalue weighted by Crippen LogP contribution is -2.27. The summed E-state index contributed by atoms with van der Waals surface area (Å²) >= 11 is 0. The van der Waals surface area contributed by atoms with Crippen LogP contribution in [-0.4, -0.2) is 52.8 Å². The van der Waals surface area contributed by atoms with Gasteiger partial charge in [0.1, 0.15) is 17.7 Å². The highest BCUT2D eigenvalue weighted by Crippen LogP contribution is 2.15. The molecule has 10 heteroatoms. The van der Waals surface area contributed by atoms with E-state index in [0.717, 1.165) is 11.3 Å². The van der Waals surface area contributed by atoms with Crippen LogP contribution in [-0.2, 0) is 6.42 Å². The molecule has 0 radical (unpaired) electrons. The second-order valence-electron chi connectivity index (χ2n) is 5.62. The first-order valence-electron chi connectivity index (χ1n) is 8.23. The number of amides is 1. The van der Waals surface area contributed by atoms with Crippen LogP contribution in [0.3, 0.4) is 0 Å². The topological polar surface area (TPSA) is 127 Å². The maximum Gasteiger partial charge on any atom is 0.256 e. The Bertz CT molecular complexity index is 1030. The zero-order valence-corrected chi connectivity index (χ0v) is 14.1. The van der Waals surface area contributed by atoms with Crippen molar-refractivity contribution >= 4 is 5.91 Å². The minimum absolute atomic E-state index is 0.284. The highest BCUT2D eigenvalue weighted by atomic mass is 16.1. The molecular weight excluding hydrogens is 346 g/mol. The van der Waals surface area contributed by atoms with Crippen molar-refractivity contribution in [1.29, 1.82) is 0 Å². The summed E-state index contributed by atoms with van der Waals surface area (Å²) in [5.41, 5.74) is 2.22. The molecule has 3 aromatic heterocycles. The Hall–Kier alpha value is -3.95. The molecule has 4 rings (SSSR count). The van der Waals surface area contributed by atoms with Gasteiger partial charge >= 0.3 is 0 Å². The molecule has 3 heterocycles. The number of rotatable bonds is 6. The van der Waals surface area contributed by atoms with Crippen molar-refractivity contribution in [1.82, 2.24) is 45.7 Å². The van der Waals surface area contributed by atoms with Crippen LogP contribution in [0.4, 0.5) is 0 Å². The highest BCUT2D eigenvalue weighted by Gasteiger charge is 2.16. The number of carbonyl (C=O) groups is 1. The van der Waals surface area contributed by atoms with Crippen LogP contribution in [0.15, 0.2) is 55.1 Å². The molecule has 0 atom stereocenters. The fourth-order valence-electron chi connectivity index (χ4n) is 2.56. The van der Waals surface area contributed by atoms with Crippen molar-refractivity contribution in [3.05, 3.63) is 66.5 Å². The molecule has 1 amide bonds. The van der Waals surface area contributed by atoms with E-state index in [4.69, 9.17) is 0 Å². The minimum Gasteiger partial charge on any atom is -0.351 e. The zero-order valence-electron chi connectivity index (χ0n) is 14.1. The Morgan fingerprint density at radius 1 is 1.19 bits per heavy atom. The molecule has 0 unspecified atom stereocenters. The van der Waals surface area contributed by atoms with E-state index in [1.165, 1.54) is 17.2 Å². The predicted octanol–water partition coefficient (Wildman–Crippen LogP) is 0.815. The zero-order chi connectivity index (χ0) is 18.5. The molecule has 0 saturated heterocycles. The highest BCUT2D eigenvalue weighted by molar-refractivity contribution is 5.96. The van der Waals surface area contributed by atoms with Crippen LogP contribution in [0.2, 0.25) is 0 Å². The third-order valence-corrected chi connectivity index (χ3v) is 3.85. The minimum atomic E-state index is -0.284. The molecule has 0 spiro atoms. The Morgan fingerprint density at radius 2 is 2.07 bits per heavy atom. The average molecular weight is 361 g/mol. The SMILES string of the molecule is O=C(NCCc1nccc(-c2ccccc2)n1)c1cn[nH]c1-n1cnnn1. The van der Waals surface area contributed by atoms with Crippen molar-refractivity contribution in [2.45, 2.75) is 6.42 Å². The number of benzene rings is 1. The monoisotopic (exact) mass is 361 g/mol. The number of nitrogens with one attached hydrogen (secondary N) is 2. The summed E-state index contributed by atoms with van der Waals surface area (Å²) in [5.74, 6) is 0.776. The summed E-state index contributed by atoms with van der Waals surface area (Å²) in [4.78, 5) is 21.2. The van der Waals surface area contributed by atoms with Gasteiger partial charge in [0.05, 0.1) is 11.9 Å². The van der Waals surface area contributed by atoms with Crippen molar-refractivity contribution < 1.29 is 4.79 Å². The van der Waals surface area contributed by atoms with Gasteiger partial charge in [-0.2, -0.15) is 9.78 Å². The number of aromatic nitrogens is 8. The number of carbonyl (C=O) groups excluding carboxylic acids is 1. The Kier molecular flexibility index (Phi) is 4.60. The largest absolute Gasteiger partial charge is 0.351 e. The van der Waals surface area contributed by atoms with E-state index in [1.807, 2.05) is 36.4 Å². The first-order valence-corrected chi connectivity index (χ1v) is 8.23. The Balaban J connectivity index is 1.39. The van der Waals surface area contributed by atoms with Gasteiger partial charge in [0.25, 0.3) is 5.91 Å². The number of tetrazole rings is 1. The van der Waals surface area contributed by atoms with E-state index in [0.29, 0.717) is 30.2 Å². The molecule has 0 fully saturated rings. The molecule has 1 aromatic carbocycles. The van der Waals surface area contributed by atoms with Gasteiger partial charge in [-0.3, -0.25) is 9.89 Å². The number of H-pyrrole nitrogens is 1. The normalized spacial score (nSPS) is 10.7. The molecule has 4 aromatic rings. The fourth-order valence-corrected chi connectivity index (χ4v) is 2.56. The fraction of sp³-hybridized carbons (Fsp3) is 0.118. The van der Waals surface area contributed by atoms with E-state index in [2.05, 4.69) is 41.0 Å².